The zero-order valence-electron chi connectivity index (χ0n) is 12.9. The van der Waals surface area contributed by atoms with Crippen molar-refractivity contribution in [3.63, 3.8) is 0 Å². The second kappa shape index (κ2) is 7.06. The van der Waals surface area contributed by atoms with Gasteiger partial charge in [0.05, 0.1) is 11.6 Å². The lowest BCUT2D eigenvalue weighted by molar-refractivity contribution is -0.112. The Balaban J connectivity index is 2.26. The van der Waals surface area contributed by atoms with Crippen molar-refractivity contribution >= 4 is 17.7 Å². The summed E-state index contributed by atoms with van der Waals surface area (Å²) in [4.78, 5) is 12.3. The zero-order chi connectivity index (χ0) is 16.8. The zero-order valence-corrected chi connectivity index (χ0v) is 12.9. The highest BCUT2D eigenvalue weighted by atomic mass is 16.1. The number of amides is 1. The Morgan fingerprint density at radius 3 is 2.57 bits per heavy atom. The molecule has 2 aromatic carbocycles. The van der Waals surface area contributed by atoms with Crippen molar-refractivity contribution in [1.82, 2.24) is 0 Å². The highest BCUT2D eigenvalue weighted by Gasteiger charge is 2.11. The summed E-state index contributed by atoms with van der Waals surface area (Å²) in [6.45, 7) is 3.87. The van der Waals surface area contributed by atoms with Crippen LogP contribution >= 0.6 is 0 Å². The average Bonchev–Trinajstić information content (AvgIpc) is 2.55. The maximum absolute atomic E-state index is 12.3. The minimum absolute atomic E-state index is 0.0138. The summed E-state index contributed by atoms with van der Waals surface area (Å²) in [5, 5.41) is 20.9. The highest BCUT2D eigenvalue weighted by Crippen LogP contribution is 2.17. The number of aryl methyl sites for hydroxylation is 2. The Kier molecular flexibility index (Phi) is 4.92. The normalized spacial score (nSPS) is 10.5. The van der Waals surface area contributed by atoms with Crippen LogP contribution in [0.25, 0.3) is 6.08 Å². The Hall–Kier alpha value is -3.37. The van der Waals surface area contributed by atoms with E-state index >= 15 is 0 Å². The van der Waals surface area contributed by atoms with Crippen molar-refractivity contribution < 1.29 is 4.79 Å². The molecule has 0 saturated carbocycles. The van der Waals surface area contributed by atoms with Gasteiger partial charge in [-0.25, -0.2) is 0 Å². The SMILES string of the molecule is Cc1ccc(NC(=O)/C(C#N)=C/c2cccc(C#N)c2)c(C)c1. The summed E-state index contributed by atoms with van der Waals surface area (Å²) in [6.07, 6.45) is 1.47. The molecule has 0 fully saturated rings. The van der Waals surface area contributed by atoms with Crippen LogP contribution in [0.2, 0.25) is 0 Å². The minimum atomic E-state index is -0.471. The molecule has 0 atom stereocenters. The quantitative estimate of drug-likeness (QED) is 0.693. The Labute approximate surface area is 135 Å². The van der Waals surface area contributed by atoms with Gasteiger partial charge >= 0.3 is 0 Å². The van der Waals surface area contributed by atoms with Crippen molar-refractivity contribution in [1.29, 1.82) is 10.5 Å². The van der Waals surface area contributed by atoms with Crippen LogP contribution in [0.1, 0.15) is 22.3 Å². The van der Waals surface area contributed by atoms with E-state index in [0.29, 0.717) is 16.8 Å². The van der Waals surface area contributed by atoms with E-state index in [1.807, 2.05) is 44.2 Å². The van der Waals surface area contributed by atoms with Gasteiger partial charge in [-0.2, -0.15) is 10.5 Å². The Morgan fingerprint density at radius 1 is 1.13 bits per heavy atom. The summed E-state index contributed by atoms with van der Waals surface area (Å²) in [5.74, 6) is -0.471. The van der Waals surface area contributed by atoms with E-state index in [-0.39, 0.29) is 5.57 Å². The van der Waals surface area contributed by atoms with Crippen LogP contribution in [0.4, 0.5) is 5.69 Å². The standard InChI is InChI=1S/C19H15N3O/c1-13-6-7-18(14(2)8-13)22-19(23)17(12-21)10-15-4-3-5-16(9-15)11-20/h3-10H,1-2H3,(H,22,23)/b17-10+. The van der Waals surface area contributed by atoms with Gasteiger partial charge in [-0.15, -0.1) is 0 Å². The van der Waals surface area contributed by atoms with Gasteiger partial charge in [0, 0.05) is 5.69 Å². The maximum atomic E-state index is 12.3. The molecular formula is C19H15N3O. The van der Waals surface area contributed by atoms with Gasteiger partial charge in [-0.1, -0.05) is 29.8 Å². The summed E-state index contributed by atoms with van der Waals surface area (Å²) >= 11 is 0. The van der Waals surface area contributed by atoms with Gasteiger partial charge < -0.3 is 5.32 Å². The number of rotatable bonds is 3. The molecule has 2 rings (SSSR count). The topological polar surface area (TPSA) is 76.7 Å². The van der Waals surface area contributed by atoms with E-state index in [4.69, 9.17) is 5.26 Å². The second-order valence-electron chi connectivity index (χ2n) is 5.18. The molecule has 4 nitrogen and oxygen atoms in total. The highest BCUT2D eigenvalue weighted by molar-refractivity contribution is 6.10. The van der Waals surface area contributed by atoms with Crippen LogP contribution in [0, 0.1) is 36.5 Å². The first-order valence-electron chi connectivity index (χ1n) is 7.04. The fraction of sp³-hybridized carbons (Fsp3) is 0.105. The molecule has 112 valence electrons. The smallest absolute Gasteiger partial charge is 0.266 e. The largest absolute Gasteiger partial charge is 0.321 e. The first-order valence-corrected chi connectivity index (χ1v) is 7.04. The second-order valence-corrected chi connectivity index (χ2v) is 5.18. The predicted octanol–water partition coefficient (Wildman–Crippen LogP) is 3.72. The van der Waals surface area contributed by atoms with Crippen LogP contribution in [0.3, 0.4) is 0 Å². The molecule has 0 heterocycles. The van der Waals surface area contributed by atoms with Crippen LogP contribution in [-0.4, -0.2) is 5.91 Å². The number of hydrogen-bond donors (Lipinski definition) is 1. The molecule has 2 aromatic rings. The first-order chi connectivity index (χ1) is 11.0. The number of nitrogens with zero attached hydrogens (tertiary/aromatic N) is 2. The molecule has 23 heavy (non-hydrogen) atoms. The summed E-state index contributed by atoms with van der Waals surface area (Å²) in [7, 11) is 0. The first kappa shape index (κ1) is 16.0. The Morgan fingerprint density at radius 2 is 1.91 bits per heavy atom. The van der Waals surface area contributed by atoms with Crippen molar-refractivity contribution in [3.05, 3.63) is 70.3 Å². The number of anilines is 1. The lowest BCUT2D eigenvalue weighted by Gasteiger charge is -2.08. The van der Waals surface area contributed by atoms with Crippen molar-refractivity contribution in [2.75, 3.05) is 5.32 Å². The number of hydrogen-bond acceptors (Lipinski definition) is 3. The Bertz CT molecular complexity index is 867. The van der Waals surface area contributed by atoms with E-state index in [0.717, 1.165) is 11.1 Å². The van der Waals surface area contributed by atoms with Crippen LogP contribution in [-0.2, 0) is 4.79 Å². The third-order valence-corrected chi connectivity index (χ3v) is 3.32. The number of carbonyl (C=O) groups excluding carboxylic acids is 1. The molecule has 4 heteroatoms. The van der Waals surface area contributed by atoms with Crippen molar-refractivity contribution in [2.24, 2.45) is 0 Å². The number of benzene rings is 2. The lowest BCUT2D eigenvalue weighted by Crippen LogP contribution is -2.14. The molecule has 0 aliphatic carbocycles. The summed E-state index contributed by atoms with van der Waals surface area (Å²) < 4.78 is 0. The van der Waals surface area contributed by atoms with E-state index in [9.17, 15) is 10.1 Å². The fourth-order valence-corrected chi connectivity index (χ4v) is 2.16. The monoisotopic (exact) mass is 301 g/mol. The van der Waals surface area contributed by atoms with Crippen molar-refractivity contribution in [3.8, 4) is 12.1 Å². The maximum Gasteiger partial charge on any atom is 0.266 e. The van der Waals surface area contributed by atoms with Gasteiger partial charge in [-0.3, -0.25) is 4.79 Å². The number of nitriles is 2. The third-order valence-electron chi connectivity index (χ3n) is 3.32. The third kappa shape index (κ3) is 4.06. The van der Waals surface area contributed by atoms with Crippen LogP contribution in [0.5, 0.6) is 0 Å². The molecule has 0 saturated heterocycles. The molecular weight excluding hydrogens is 286 g/mol. The summed E-state index contributed by atoms with van der Waals surface area (Å²) in [5.41, 5.74) is 3.81. The molecule has 0 aliphatic heterocycles. The molecule has 1 amide bonds. The van der Waals surface area contributed by atoms with E-state index in [1.54, 1.807) is 24.3 Å². The molecule has 0 bridgehead atoms. The van der Waals surface area contributed by atoms with Crippen LogP contribution in [0.15, 0.2) is 48.0 Å². The van der Waals surface area contributed by atoms with Gasteiger partial charge in [0.15, 0.2) is 0 Å². The van der Waals surface area contributed by atoms with Gasteiger partial charge in [0.1, 0.15) is 11.6 Å². The van der Waals surface area contributed by atoms with E-state index < -0.39 is 5.91 Å². The molecule has 0 unspecified atom stereocenters. The lowest BCUT2D eigenvalue weighted by atomic mass is 10.1. The molecule has 0 aliphatic rings. The molecule has 0 radical (unpaired) electrons. The van der Waals surface area contributed by atoms with E-state index in [1.165, 1.54) is 6.08 Å². The number of carbonyl (C=O) groups is 1. The average molecular weight is 301 g/mol. The van der Waals surface area contributed by atoms with Gasteiger partial charge in [-0.05, 0) is 49.2 Å². The molecule has 1 N–H and O–H groups in total. The molecule has 0 aromatic heterocycles. The summed E-state index contributed by atoms with van der Waals surface area (Å²) in [6, 6.07) is 16.3. The molecule has 0 spiro atoms. The van der Waals surface area contributed by atoms with E-state index in [2.05, 4.69) is 5.32 Å². The van der Waals surface area contributed by atoms with Gasteiger partial charge in [0.25, 0.3) is 5.91 Å². The fourth-order valence-electron chi connectivity index (χ4n) is 2.16. The number of nitrogens with one attached hydrogen (secondary N) is 1. The van der Waals surface area contributed by atoms with Crippen LogP contribution < -0.4 is 5.32 Å². The minimum Gasteiger partial charge on any atom is -0.321 e. The van der Waals surface area contributed by atoms with Gasteiger partial charge in [0.2, 0.25) is 0 Å². The predicted molar refractivity (Wildman–Crippen MR) is 89.3 cm³/mol. The van der Waals surface area contributed by atoms with Crippen molar-refractivity contribution in [2.45, 2.75) is 13.8 Å².